The average molecular weight is 510 g/mol. The SMILES string of the molecule is C/C(=C/O)[C@@]1(O)CC[C@H]2C3CC[C@@]4(O)CC5(CCC4=C3[C@@H](c3ccc(N(C)C)cc3)C[C@]21C)OCCO5. The van der Waals surface area contributed by atoms with Gasteiger partial charge in [0.15, 0.2) is 5.79 Å². The monoisotopic (exact) mass is 509 g/mol. The molecule has 1 aliphatic heterocycles. The van der Waals surface area contributed by atoms with Gasteiger partial charge in [-0.2, -0.15) is 0 Å². The summed E-state index contributed by atoms with van der Waals surface area (Å²) >= 11 is 0. The molecule has 0 bridgehead atoms. The highest BCUT2D eigenvalue weighted by Crippen LogP contribution is 2.69. The number of rotatable bonds is 3. The van der Waals surface area contributed by atoms with Crippen LogP contribution in [0.1, 0.15) is 76.7 Å². The molecule has 6 heteroatoms. The van der Waals surface area contributed by atoms with E-state index >= 15 is 0 Å². The summed E-state index contributed by atoms with van der Waals surface area (Å²) in [5.41, 5.74) is 3.40. The second-order valence-corrected chi connectivity index (χ2v) is 12.9. The van der Waals surface area contributed by atoms with Gasteiger partial charge in [-0.15, -0.1) is 0 Å². The van der Waals surface area contributed by atoms with Crippen LogP contribution in [0, 0.1) is 17.3 Å². The van der Waals surface area contributed by atoms with E-state index in [1.54, 1.807) is 0 Å². The zero-order chi connectivity index (χ0) is 26.2. The lowest BCUT2D eigenvalue weighted by atomic mass is 9.49. The summed E-state index contributed by atoms with van der Waals surface area (Å²) in [4.78, 5) is 2.11. The molecule has 202 valence electrons. The third-order valence-corrected chi connectivity index (χ3v) is 11.0. The molecule has 6 rings (SSSR count). The van der Waals surface area contributed by atoms with Crippen molar-refractivity contribution in [3.8, 4) is 0 Å². The fourth-order valence-corrected chi connectivity index (χ4v) is 9.08. The molecule has 1 unspecified atom stereocenters. The van der Waals surface area contributed by atoms with E-state index in [1.165, 1.54) is 16.7 Å². The van der Waals surface area contributed by atoms with Gasteiger partial charge >= 0.3 is 0 Å². The number of ether oxygens (including phenoxy) is 2. The second kappa shape index (κ2) is 8.57. The van der Waals surface area contributed by atoms with Crippen molar-refractivity contribution in [2.75, 3.05) is 32.2 Å². The molecule has 0 radical (unpaired) electrons. The van der Waals surface area contributed by atoms with Crippen molar-refractivity contribution >= 4 is 5.69 Å². The van der Waals surface area contributed by atoms with E-state index in [0.717, 1.165) is 44.1 Å². The van der Waals surface area contributed by atoms with Gasteiger partial charge in [0.05, 0.1) is 30.7 Å². The van der Waals surface area contributed by atoms with E-state index < -0.39 is 17.0 Å². The zero-order valence-corrected chi connectivity index (χ0v) is 22.8. The summed E-state index contributed by atoms with van der Waals surface area (Å²) in [5.74, 6) is 0.0907. The highest BCUT2D eigenvalue weighted by molar-refractivity contribution is 5.50. The Morgan fingerprint density at radius 2 is 1.73 bits per heavy atom. The topological polar surface area (TPSA) is 82.4 Å². The average Bonchev–Trinajstić information content (AvgIpc) is 3.44. The van der Waals surface area contributed by atoms with Crippen molar-refractivity contribution in [1.82, 2.24) is 0 Å². The number of aliphatic hydroxyl groups is 3. The minimum absolute atomic E-state index is 0.111. The van der Waals surface area contributed by atoms with E-state index in [-0.39, 0.29) is 11.3 Å². The second-order valence-electron chi connectivity index (χ2n) is 12.9. The van der Waals surface area contributed by atoms with Crippen molar-refractivity contribution in [2.45, 2.75) is 88.1 Å². The predicted octanol–water partition coefficient (Wildman–Crippen LogP) is 5.21. The van der Waals surface area contributed by atoms with E-state index in [2.05, 4.69) is 50.2 Å². The number of hydrogen-bond acceptors (Lipinski definition) is 6. The molecular formula is C31H43NO5. The summed E-state index contributed by atoms with van der Waals surface area (Å²) in [6.45, 7) is 5.31. The largest absolute Gasteiger partial charge is 0.516 e. The Balaban J connectivity index is 1.48. The number of nitrogens with zero attached hydrogens (tertiary/aromatic N) is 1. The third-order valence-electron chi connectivity index (χ3n) is 11.0. The van der Waals surface area contributed by atoms with Gasteiger partial charge in [-0.25, -0.2) is 0 Å². The zero-order valence-electron chi connectivity index (χ0n) is 22.8. The molecule has 1 aromatic rings. The highest BCUT2D eigenvalue weighted by Gasteiger charge is 2.65. The van der Waals surface area contributed by atoms with Gasteiger partial charge in [-0.05, 0) is 86.1 Å². The number of allylic oxidation sites excluding steroid dienone is 1. The van der Waals surface area contributed by atoms with Gasteiger partial charge in [0.1, 0.15) is 0 Å². The van der Waals surface area contributed by atoms with Crippen LogP contribution >= 0.6 is 0 Å². The molecule has 1 saturated heterocycles. The molecule has 0 aromatic heterocycles. The number of hydrogen-bond donors (Lipinski definition) is 3. The van der Waals surface area contributed by atoms with E-state index in [1.807, 2.05) is 6.92 Å². The fourth-order valence-electron chi connectivity index (χ4n) is 9.08. The Bertz CT molecular complexity index is 1120. The van der Waals surface area contributed by atoms with Crippen LogP contribution in [-0.2, 0) is 9.47 Å². The maximum absolute atomic E-state index is 12.2. The van der Waals surface area contributed by atoms with Crippen molar-refractivity contribution < 1.29 is 24.8 Å². The molecule has 5 aliphatic rings. The Kier molecular flexibility index (Phi) is 5.89. The molecule has 4 aliphatic carbocycles. The van der Waals surface area contributed by atoms with Crippen molar-refractivity contribution in [3.63, 3.8) is 0 Å². The molecular weight excluding hydrogens is 466 g/mol. The number of aliphatic hydroxyl groups excluding tert-OH is 1. The first kappa shape index (κ1) is 25.4. The molecule has 6 atom stereocenters. The maximum atomic E-state index is 12.2. The van der Waals surface area contributed by atoms with Gasteiger partial charge in [0.25, 0.3) is 0 Å². The normalized spacial score (nSPS) is 40.9. The molecule has 0 amide bonds. The molecule has 1 aromatic carbocycles. The van der Waals surface area contributed by atoms with Crippen LogP contribution in [0.2, 0.25) is 0 Å². The van der Waals surface area contributed by atoms with E-state index in [0.29, 0.717) is 49.9 Å². The first-order valence-electron chi connectivity index (χ1n) is 14.1. The summed E-state index contributed by atoms with van der Waals surface area (Å²) in [6, 6.07) is 8.82. The van der Waals surface area contributed by atoms with Crippen LogP contribution in [0.3, 0.4) is 0 Å². The van der Waals surface area contributed by atoms with Gasteiger partial charge in [0, 0.05) is 44.0 Å². The lowest BCUT2D eigenvalue weighted by molar-refractivity contribution is -0.208. The van der Waals surface area contributed by atoms with Crippen LogP contribution in [0.15, 0.2) is 47.2 Å². The number of fused-ring (bicyclic) bond motifs is 4. The molecule has 3 saturated carbocycles. The van der Waals surface area contributed by atoms with Crippen molar-refractivity contribution in [2.24, 2.45) is 17.3 Å². The smallest absolute Gasteiger partial charge is 0.171 e. The van der Waals surface area contributed by atoms with Crippen LogP contribution in [0.5, 0.6) is 0 Å². The lowest BCUT2D eigenvalue weighted by Crippen LogP contribution is -2.55. The minimum atomic E-state index is -1.03. The van der Waals surface area contributed by atoms with Crippen molar-refractivity contribution in [1.29, 1.82) is 0 Å². The summed E-state index contributed by atoms with van der Waals surface area (Å²) < 4.78 is 12.1. The third kappa shape index (κ3) is 3.59. The quantitative estimate of drug-likeness (QED) is 0.383. The Morgan fingerprint density at radius 3 is 2.38 bits per heavy atom. The number of benzene rings is 1. The Labute approximate surface area is 221 Å². The molecule has 37 heavy (non-hydrogen) atoms. The van der Waals surface area contributed by atoms with Gasteiger partial charge in [-0.1, -0.05) is 24.6 Å². The summed E-state index contributed by atoms with van der Waals surface area (Å²) in [5, 5.41) is 34.2. The molecule has 1 heterocycles. The Hall–Kier alpha value is -1.86. The number of anilines is 1. The maximum Gasteiger partial charge on any atom is 0.171 e. The van der Waals surface area contributed by atoms with Gasteiger partial charge < -0.3 is 29.7 Å². The minimum Gasteiger partial charge on any atom is -0.516 e. The fraction of sp³-hybridized carbons (Fsp3) is 0.677. The molecule has 4 fully saturated rings. The first-order chi connectivity index (χ1) is 17.6. The van der Waals surface area contributed by atoms with Gasteiger partial charge in [-0.3, -0.25) is 0 Å². The van der Waals surface area contributed by atoms with Gasteiger partial charge in [0.2, 0.25) is 0 Å². The van der Waals surface area contributed by atoms with Crippen LogP contribution < -0.4 is 4.90 Å². The van der Waals surface area contributed by atoms with E-state index in [4.69, 9.17) is 9.47 Å². The molecule has 1 spiro atoms. The highest BCUT2D eigenvalue weighted by atomic mass is 16.7. The lowest BCUT2D eigenvalue weighted by Gasteiger charge is -2.57. The van der Waals surface area contributed by atoms with Crippen molar-refractivity contribution in [3.05, 3.63) is 52.8 Å². The Morgan fingerprint density at radius 1 is 1.03 bits per heavy atom. The first-order valence-corrected chi connectivity index (χ1v) is 14.1. The molecule has 3 N–H and O–H groups in total. The standard InChI is InChI=1S/C31H43NO5/c1-20(18-33)31(35)14-11-25-23-9-12-29(34)19-30(36-15-16-37-30)13-10-26(29)27(23)24(17-28(25,31)2)21-5-7-22(8-6-21)32(3)4/h5-8,18,23-25,33-35H,9-17,19H2,1-4H3/b20-18-/t23?,24-,25+,28-,29-,31+/m1/s1. The van der Waals surface area contributed by atoms with Crippen LogP contribution in [0.4, 0.5) is 5.69 Å². The van der Waals surface area contributed by atoms with Crippen LogP contribution in [0.25, 0.3) is 0 Å². The van der Waals surface area contributed by atoms with E-state index in [9.17, 15) is 15.3 Å². The summed E-state index contributed by atoms with van der Waals surface area (Å²) in [6.07, 6.45) is 7.19. The molecule has 6 nitrogen and oxygen atoms in total. The predicted molar refractivity (Wildman–Crippen MR) is 143 cm³/mol. The summed E-state index contributed by atoms with van der Waals surface area (Å²) in [7, 11) is 4.10. The van der Waals surface area contributed by atoms with Crippen LogP contribution in [-0.4, -0.2) is 59.6 Å².